The third-order valence-electron chi connectivity index (χ3n) is 2.72. The lowest BCUT2D eigenvalue weighted by Crippen LogP contribution is -2.07. The van der Waals surface area contributed by atoms with E-state index in [-0.39, 0.29) is 6.04 Å². The first-order valence-corrected chi connectivity index (χ1v) is 6.45. The van der Waals surface area contributed by atoms with Gasteiger partial charge in [0.25, 0.3) is 0 Å². The number of nitrogens with two attached hydrogens (primary N) is 1. The Morgan fingerprint density at radius 3 is 2.47 bits per heavy atom. The van der Waals surface area contributed by atoms with Crippen molar-refractivity contribution in [1.82, 2.24) is 0 Å². The molecule has 0 spiro atoms. The van der Waals surface area contributed by atoms with Gasteiger partial charge in [-0.2, -0.15) is 0 Å². The largest absolute Gasteiger partial charge is 0.321 e. The van der Waals surface area contributed by atoms with Gasteiger partial charge in [0.05, 0.1) is 0 Å². The van der Waals surface area contributed by atoms with Gasteiger partial charge in [-0.3, -0.25) is 0 Å². The normalized spacial score (nSPS) is 12.5. The molecule has 17 heavy (non-hydrogen) atoms. The van der Waals surface area contributed by atoms with Crippen LogP contribution in [-0.2, 0) is 0 Å². The number of benzene rings is 2. The maximum atomic E-state index is 6.13. The van der Waals surface area contributed by atoms with Crippen molar-refractivity contribution >= 4 is 26.7 Å². The molecule has 0 saturated carbocycles. The number of rotatable bonds is 2. The summed E-state index contributed by atoms with van der Waals surface area (Å²) < 4.78 is 1.10. The van der Waals surface area contributed by atoms with Gasteiger partial charge in [-0.1, -0.05) is 45.8 Å². The van der Waals surface area contributed by atoms with E-state index in [0.717, 1.165) is 10.0 Å². The monoisotopic (exact) mass is 289 g/mol. The van der Waals surface area contributed by atoms with Crippen LogP contribution in [0.25, 0.3) is 10.8 Å². The molecule has 0 radical (unpaired) electrons. The summed E-state index contributed by atoms with van der Waals surface area (Å²) in [5, 5.41) is 2.45. The Bertz CT molecular complexity index is 568. The van der Waals surface area contributed by atoms with Gasteiger partial charge in [0.2, 0.25) is 0 Å². The van der Waals surface area contributed by atoms with E-state index in [9.17, 15) is 0 Å². The Morgan fingerprint density at radius 1 is 1.12 bits per heavy atom. The highest BCUT2D eigenvalue weighted by atomic mass is 79.9. The zero-order valence-electron chi connectivity index (χ0n) is 10.1. The lowest BCUT2D eigenvalue weighted by Gasteiger charge is -2.09. The summed E-state index contributed by atoms with van der Waals surface area (Å²) in [7, 11) is 0. The Morgan fingerprint density at radius 2 is 1.76 bits per heavy atom. The molecular weight excluding hydrogens is 274 g/mol. The SMILES string of the molecule is CC(C)=CC(N)c1ccc2cc(Br)ccc2c1. The molecule has 88 valence electrons. The third-order valence-corrected chi connectivity index (χ3v) is 3.22. The summed E-state index contributed by atoms with van der Waals surface area (Å²) in [5.41, 5.74) is 8.53. The van der Waals surface area contributed by atoms with Crippen LogP contribution in [-0.4, -0.2) is 0 Å². The molecule has 1 nitrogen and oxygen atoms in total. The van der Waals surface area contributed by atoms with Crippen LogP contribution in [0.4, 0.5) is 0 Å². The van der Waals surface area contributed by atoms with E-state index >= 15 is 0 Å². The Labute approximate surface area is 110 Å². The van der Waals surface area contributed by atoms with Gasteiger partial charge < -0.3 is 5.73 Å². The third kappa shape index (κ3) is 2.96. The quantitative estimate of drug-likeness (QED) is 0.806. The van der Waals surface area contributed by atoms with Crippen LogP contribution in [0, 0.1) is 0 Å². The second-order valence-electron chi connectivity index (χ2n) is 4.52. The molecule has 1 unspecified atom stereocenters. The van der Waals surface area contributed by atoms with Crippen LogP contribution in [0.1, 0.15) is 25.5 Å². The Kier molecular flexibility index (Phi) is 3.65. The van der Waals surface area contributed by atoms with Crippen LogP contribution in [0.15, 0.2) is 52.5 Å². The molecule has 2 rings (SSSR count). The van der Waals surface area contributed by atoms with Gasteiger partial charge in [-0.15, -0.1) is 0 Å². The average Bonchev–Trinajstić information content (AvgIpc) is 2.27. The minimum atomic E-state index is -0.0203. The molecule has 0 aliphatic heterocycles. The van der Waals surface area contributed by atoms with E-state index in [2.05, 4.69) is 72.3 Å². The number of hydrogen-bond acceptors (Lipinski definition) is 1. The van der Waals surface area contributed by atoms with Crippen molar-refractivity contribution < 1.29 is 0 Å². The van der Waals surface area contributed by atoms with E-state index in [1.54, 1.807) is 0 Å². The molecule has 0 heterocycles. The lowest BCUT2D eigenvalue weighted by atomic mass is 10.0. The van der Waals surface area contributed by atoms with E-state index in [1.165, 1.54) is 16.3 Å². The summed E-state index contributed by atoms with van der Waals surface area (Å²) in [6.07, 6.45) is 2.08. The molecule has 2 aromatic rings. The molecule has 0 aromatic heterocycles. The number of allylic oxidation sites excluding steroid dienone is 1. The maximum Gasteiger partial charge on any atom is 0.0483 e. The predicted octanol–water partition coefficient (Wildman–Crippen LogP) is 4.57. The summed E-state index contributed by atoms with van der Waals surface area (Å²) in [4.78, 5) is 0. The fourth-order valence-electron chi connectivity index (χ4n) is 1.90. The molecule has 2 aromatic carbocycles. The van der Waals surface area contributed by atoms with Crippen molar-refractivity contribution in [1.29, 1.82) is 0 Å². The van der Waals surface area contributed by atoms with Crippen molar-refractivity contribution in [2.24, 2.45) is 5.73 Å². The molecule has 1 atom stereocenters. The molecule has 0 bridgehead atoms. The maximum absolute atomic E-state index is 6.13. The standard InChI is InChI=1S/C15H16BrN/c1-10(2)7-15(17)13-4-3-12-9-14(16)6-5-11(12)8-13/h3-9,15H,17H2,1-2H3. The first-order valence-electron chi connectivity index (χ1n) is 5.66. The van der Waals surface area contributed by atoms with Crippen molar-refractivity contribution in [2.75, 3.05) is 0 Å². The highest BCUT2D eigenvalue weighted by molar-refractivity contribution is 9.10. The minimum absolute atomic E-state index is 0.0203. The van der Waals surface area contributed by atoms with Gasteiger partial charge in [-0.25, -0.2) is 0 Å². The second kappa shape index (κ2) is 5.03. The highest BCUT2D eigenvalue weighted by Gasteiger charge is 2.03. The van der Waals surface area contributed by atoms with Crippen molar-refractivity contribution in [3.8, 4) is 0 Å². The van der Waals surface area contributed by atoms with Crippen LogP contribution < -0.4 is 5.73 Å². The number of hydrogen-bond donors (Lipinski definition) is 1. The zero-order valence-corrected chi connectivity index (χ0v) is 11.7. The Hall–Kier alpha value is -1.12. The summed E-state index contributed by atoms with van der Waals surface area (Å²) in [5.74, 6) is 0. The number of fused-ring (bicyclic) bond motifs is 1. The lowest BCUT2D eigenvalue weighted by molar-refractivity contribution is 0.901. The van der Waals surface area contributed by atoms with Gasteiger partial charge in [-0.05, 0) is 48.4 Å². The Balaban J connectivity index is 2.44. The summed E-state index contributed by atoms with van der Waals surface area (Å²) in [6.45, 7) is 4.13. The first kappa shape index (κ1) is 12.3. The van der Waals surface area contributed by atoms with Crippen molar-refractivity contribution in [2.45, 2.75) is 19.9 Å². The molecule has 2 N–H and O–H groups in total. The fraction of sp³-hybridized carbons (Fsp3) is 0.200. The summed E-state index contributed by atoms with van der Waals surface area (Å²) >= 11 is 3.48. The summed E-state index contributed by atoms with van der Waals surface area (Å²) in [6, 6.07) is 12.6. The van der Waals surface area contributed by atoms with Gasteiger partial charge in [0.1, 0.15) is 0 Å². The highest BCUT2D eigenvalue weighted by Crippen LogP contribution is 2.23. The van der Waals surface area contributed by atoms with Gasteiger partial charge in [0, 0.05) is 10.5 Å². The number of halogens is 1. The molecule has 0 aliphatic carbocycles. The van der Waals surface area contributed by atoms with E-state index in [4.69, 9.17) is 5.73 Å². The van der Waals surface area contributed by atoms with E-state index in [1.807, 2.05) is 0 Å². The van der Waals surface area contributed by atoms with Crippen LogP contribution in [0.2, 0.25) is 0 Å². The van der Waals surface area contributed by atoms with E-state index in [0.29, 0.717) is 0 Å². The van der Waals surface area contributed by atoms with Gasteiger partial charge in [0.15, 0.2) is 0 Å². The first-order chi connectivity index (χ1) is 8.06. The topological polar surface area (TPSA) is 26.0 Å². The fourth-order valence-corrected chi connectivity index (χ4v) is 2.28. The molecule has 0 fully saturated rings. The van der Waals surface area contributed by atoms with Crippen molar-refractivity contribution in [3.63, 3.8) is 0 Å². The predicted molar refractivity (Wildman–Crippen MR) is 78.0 cm³/mol. The van der Waals surface area contributed by atoms with Gasteiger partial charge >= 0.3 is 0 Å². The van der Waals surface area contributed by atoms with E-state index < -0.39 is 0 Å². The van der Waals surface area contributed by atoms with Crippen molar-refractivity contribution in [3.05, 3.63) is 58.1 Å². The zero-order chi connectivity index (χ0) is 12.4. The van der Waals surface area contributed by atoms with Crippen LogP contribution in [0.3, 0.4) is 0 Å². The molecule has 0 amide bonds. The smallest absolute Gasteiger partial charge is 0.0483 e. The molecule has 0 saturated heterocycles. The second-order valence-corrected chi connectivity index (χ2v) is 5.44. The van der Waals surface area contributed by atoms with Crippen LogP contribution >= 0.6 is 15.9 Å². The molecule has 2 heteroatoms. The molecular formula is C15H16BrN. The average molecular weight is 290 g/mol. The minimum Gasteiger partial charge on any atom is -0.321 e. The van der Waals surface area contributed by atoms with Crippen LogP contribution in [0.5, 0.6) is 0 Å². The molecule has 0 aliphatic rings.